The standard InChI is InChI=1S/C38H36O2S/c1-3-11-28(12-4-1)35-32-19-9-21-39-23-25-41-26-24-40-22-10-20-33(36(35)29-13-5-2-6-14-29)38-31-18-8-16-27-15-7-17-30(34(27)31)37(32)38/h1-8,11-18H,9-10,19-26H2. The maximum Gasteiger partial charge on any atom is 0.0556 e. The molecule has 1 heterocycles. The summed E-state index contributed by atoms with van der Waals surface area (Å²) in [5, 5.41) is 2.72. The second-order valence-corrected chi connectivity index (χ2v) is 12.2. The number of hydrogen-bond acceptors (Lipinski definition) is 3. The Morgan fingerprint density at radius 3 is 1.44 bits per heavy atom. The third-order valence-electron chi connectivity index (χ3n) is 8.45. The van der Waals surface area contributed by atoms with Crippen LogP contribution in [0, 0.1) is 0 Å². The maximum atomic E-state index is 6.14. The number of rotatable bonds is 2. The summed E-state index contributed by atoms with van der Waals surface area (Å²) >= 11 is 1.93. The van der Waals surface area contributed by atoms with Gasteiger partial charge in [0.1, 0.15) is 0 Å². The summed E-state index contributed by atoms with van der Waals surface area (Å²) in [5.74, 6) is 2.05. The number of benzene rings is 5. The molecule has 0 fully saturated rings. The second-order valence-electron chi connectivity index (χ2n) is 10.9. The van der Waals surface area contributed by atoms with Crippen molar-refractivity contribution in [1.29, 1.82) is 0 Å². The molecule has 0 atom stereocenters. The van der Waals surface area contributed by atoms with Crippen LogP contribution >= 0.6 is 11.8 Å². The lowest BCUT2D eigenvalue weighted by molar-refractivity contribution is 0.145. The van der Waals surface area contributed by atoms with E-state index in [2.05, 4.69) is 97.1 Å². The minimum Gasteiger partial charge on any atom is -0.381 e. The lowest BCUT2D eigenvalue weighted by Crippen LogP contribution is -2.07. The van der Waals surface area contributed by atoms with Crippen molar-refractivity contribution in [3.8, 4) is 44.5 Å². The van der Waals surface area contributed by atoms with E-state index in [0.29, 0.717) is 0 Å². The summed E-state index contributed by atoms with van der Waals surface area (Å²) in [6, 6.07) is 35.9. The fourth-order valence-corrected chi connectivity index (χ4v) is 7.47. The van der Waals surface area contributed by atoms with Crippen LogP contribution in [0.2, 0.25) is 0 Å². The first-order chi connectivity index (χ1) is 20.4. The predicted octanol–water partition coefficient (Wildman–Crippen LogP) is 9.47. The van der Waals surface area contributed by atoms with Crippen LogP contribution in [0.4, 0.5) is 0 Å². The van der Waals surface area contributed by atoms with Gasteiger partial charge in [-0.15, -0.1) is 0 Å². The van der Waals surface area contributed by atoms with E-state index in [1.54, 1.807) is 0 Å². The number of hydrogen-bond donors (Lipinski definition) is 0. The molecule has 7 rings (SSSR count). The van der Waals surface area contributed by atoms with E-state index >= 15 is 0 Å². The molecule has 3 heteroatoms. The van der Waals surface area contributed by atoms with Gasteiger partial charge in [0.2, 0.25) is 0 Å². The average Bonchev–Trinajstić information content (AvgIpc) is 3.36. The van der Waals surface area contributed by atoms with Crippen molar-refractivity contribution in [2.75, 3.05) is 37.9 Å². The monoisotopic (exact) mass is 556 g/mol. The summed E-state index contributed by atoms with van der Waals surface area (Å²) in [6.45, 7) is 3.15. The molecule has 1 aliphatic carbocycles. The van der Waals surface area contributed by atoms with Gasteiger partial charge >= 0.3 is 0 Å². The zero-order valence-corrected chi connectivity index (χ0v) is 24.3. The van der Waals surface area contributed by atoms with Crippen molar-refractivity contribution in [3.05, 3.63) is 108 Å². The SMILES string of the molecule is c1ccc(-c2c3c4c(c(c2-c2ccccc2)CCCOCCSCCOCCC3)-c2cccc3cccc-4c23)cc1. The predicted molar refractivity (Wildman–Crippen MR) is 175 cm³/mol. The highest BCUT2D eigenvalue weighted by molar-refractivity contribution is 7.99. The first-order valence-electron chi connectivity index (χ1n) is 15.0. The van der Waals surface area contributed by atoms with Gasteiger partial charge in [-0.05, 0) is 92.1 Å². The molecule has 0 aromatic heterocycles. The third kappa shape index (κ3) is 5.12. The quantitative estimate of drug-likeness (QED) is 0.212. The van der Waals surface area contributed by atoms with E-state index in [-0.39, 0.29) is 0 Å². The lowest BCUT2D eigenvalue weighted by Gasteiger charge is -2.26. The van der Waals surface area contributed by atoms with Crippen LogP contribution in [0.15, 0.2) is 97.1 Å². The molecule has 0 unspecified atom stereocenters. The summed E-state index contributed by atoms with van der Waals surface area (Å²) < 4.78 is 12.3. The van der Waals surface area contributed by atoms with Gasteiger partial charge in [-0.2, -0.15) is 11.8 Å². The van der Waals surface area contributed by atoms with Crippen molar-refractivity contribution in [2.24, 2.45) is 0 Å². The summed E-state index contributed by atoms with van der Waals surface area (Å²) in [7, 11) is 0. The highest BCUT2D eigenvalue weighted by Crippen LogP contribution is 2.56. The molecule has 0 amide bonds. The van der Waals surface area contributed by atoms with Crippen molar-refractivity contribution >= 4 is 22.5 Å². The summed E-state index contributed by atoms with van der Waals surface area (Å²) in [6.07, 6.45) is 3.96. The van der Waals surface area contributed by atoms with Crippen LogP contribution in [0.1, 0.15) is 24.0 Å². The van der Waals surface area contributed by atoms with Gasteiger partial charge in [0.25, 0.3) is 0 Å². The summed E-state index contributed by atoms with van der Waals surface area (Å²) in [4.78, 5) is 0. The van der Waals surface area contributed by atoms with Gasteiger partial charge in [-0.1, -0.05) is 97.1 Å². The molecule has 206 valence electrons. The van der Waals surface area contributed by atoms with Crippen molar-refractivity contribution in [3.63, 3.8) is 0 Å². The Balaban J connectivity index is 1.55. The molecule has 2 aliphatic rings. The number of thioether (sulfide) groups is 1. The zero-order valence-electron chi connectivity index (χ0n) is 23.5. The van der Waals surface area contributed by atoms with Crippen LogP contribution < -0.4 is 0 Å². The van der Waals surface area contributed by atoms with Gasteiger partial charge in [-0.25, -0.2) is 0 Å². The van der Waals surface area contributed by atoms with Crippen LogP contribution in [-0.2, 0) is 22.3 Å². The zero-order chi connectivity index (χ0) is 27.4. The molecule has 5 aromatic rings. The van der Waals surface area contributed by atoms with Gasteiger partial charge in [0.15, 0.2) is 0 Å². The Kier molecular flexibility index (Phi) is 7.92. The molecule has 2 bridgehead atoms. The van der Waals surface area contributed by atoms with E-state index < -0.39 is 0 Å². The van der Waals surface area contributed by atoms with Gasteiger partial charge in [0, 0.05) is 24.7 Å². The van der Waals surface area contributed by atoms with Crippen LogP contribution in [0.5, 0.6) is 0 Å². The highest BCUT2D eigenvalue weighted by Gasteiger charge is 2.32. The Bertz CT molecular complexity index is 1540. The first-order valence-corrected chi connectivity index (χ1v) is 16.2. The largest absolute Gasteiger partial charge is 0.381 e. The third-order valence-corrected chi connectivity index (χ3v) is 9.36. The van der Waals surface area contributed by atoms with Gasteiger partial charge in [-0.3, -0.25) is 0 Å². The Morgan fingerprint density at radius 1 is 0.463 bits per heavy atom. The average molecular weight is 557 g/mol. The molecule has 0 radical (unpaired) electrons. The molecular formula is C38H36O2S. The molecule has 41 heavy (non-hydrogen) atoms. The Labute approximate surface area is 247 Å². The molecule has 0 spiro atoms. The molecule has 0 N–H and O–H groups in total. The molecule has 2 nitrogen and oxygen atoms in total. The van der Waals surface area contributed by atoms with E-state index in [1.807, 2.05) is 11.8 Å². The van der Waals surface area contributed by atoms with Crippen molar-refractivity contribution < 1.29 is 9.47 Å². The summed E-state index contributed by atoms with van der Waals surface area (Å²) in [5.41, 5.74) is 13.9. The normalized spacial score (nSPS) is 16.0. The smallest absolute Gasteiger partial charge is 0.0556 e. The maximum absolute atomic E-state index is 6.14. The fourth-order valence-electron chi connectivity index (χ4n) is 6.80. The van der Waals surface area contributed by atoms with E-state index in [1.165, 1.54) is 66.4 Å². The van der Waals surface area contributed by atoms with Crippen molar-refractivity contribution in [2.45, 2.75) is 25.7 Å². The van der Waals surface area contributed by atoms with Crippen LogP contribution in [0.3, 0.4) is 0 Å². The van der Waals surface area contributed by atoms with E-state index in [0.717, 1.165) is 63.6 Å². The molecule has 0 saturated heterocycles. The number of ether oxygens (including phenoxy) is 2. The molecular weight excluding hydrogens is 520 g/mol. The van der Waals surface area contributed by atoms with Crippen molar-refractivity contribution in [1.82, 2.24) is 0 Å². The molecule has 0 saturated carbocycles. The van der Waals surface area contributed by atoms with E-state index in [9.17, 15) is 0 Å². The Morgan fingerprint density at radius 2 is 0.951 bits per heavy atom. The minimum atomic E-state index is 0.777. The van der Waals surface area contributed by atoms with Crippen LogP contribution in [0.25, 0.3) is 55.3 Å². The van der Waals surface area contributed by atoms with Crippen LogP contribution in [-0.4, -0.2) is 37.9 Å². The van der Waals surface area contributed by atoms with Gasteiger partial charge in [0.05, 0.1) is 13.2 Å². The molecule has 5 aromatic carbocycles. The first kappa shape index (κ1) is 26.5. The van der Waals surface area contributed by atoms with Gasteiger partial charge < -0.3 is 9.47 Å². The van der Waals surface area contributed by atoms with E-state index in [4.69, 9.17) is 9.47 Å². The molecule has 1 aliphatic heterocycles. The fraction of sp³-hybridized carbons (Fsp3) is 0.263. The Hall–Kier alpha value is -3.37. The lowest BCUT2D eigenvalue weighted by atomic mass is 9.78. The second kappa shape index (κ2) is 12.2. The topological polar surface area (TPSA) is 18.5 Å². The minimum absolute atomic E-state index is 0.777. The highest BCUT2D eigenvalue weighted by atomic mass is 32.2.